The quantitative estimate of drug-likeness (QED) is 0.727. The molecule has 160 valence electrons. The molecule has 1 aliphatic heterocycles. The number of hydrogen-bond donors (Lipinski definition) is 1. The molecule has 0 atom stereocenters. The summed E-state index contributed by atoms with van der Waals surface area (Å²) in [6.07, 6.45) is 6.33. The Morgan fingerprint density at radius 1 is 0.966 bits per heavy atom. The van der Waals surface area contributed by atoms with Crippen molar-refractivity contribution in [1.29, 1.82) is 0 Å². The molecule has 1 aliphatic carbocycles. The predicted octanol–water partition coefficient (Wildman–Crippen LogP) is 1.75. The fraction of sp³-hybridized carbons (Fsp3) is 0.619. The van der Waals surface area contributed by atoms with E-state index in [2.05, 4.69) is 5.32 Å². The minimum Gasteiger partial charge on any atom is -0.347 e. The highest BCUT2D eigenvalue weighted by Gasteiger charge is 2.29. The maximum absolute atomic E-state index is 12.6. The Bertz CT molecular complexity index is 783. The lowest BCUT2D eigenvalue weighted by molar-refractivity contribution is -0.134. The van der Waals surface area contributed by atoms with Crippen molar-refractivity contribution in [2.24, 2.45) is 5.92 Å². The summed E-state index contributed by atoms with van der Waals surface area (Å²) in [5.41, 5.74) is 0.756. The molecule has 0 aromatic heterocycles. The van der Waals surface area contributed by atoms with Gasteiger partial charge in [0.1, 0.15) is 0 Å². The van der Waals surface area contributed by atoms with Crippen LogP contribution in [0.1, 0.15) is 44.1 Å². The molecule has 1 aromatic carbocycles. The number of hydrogen-bond acceptors (Lipinski definition) is 4. The summed E-state index contributed by atoms with van der Waals surface area (Å²) in [6.45, 7) is 1.27. The minimum atomic E-state index is -3.40. The van der Waals surface area contributed by atoms with Gasteiger partial charge in [-0.25, -0.2) is 8.42 Å². The maximum Gasteiger partial charge on any atom is 0.242 e. The van der Waals surface area contributed by atoms with E-state index in [4.69, 9.17) is 0 Å². The summed E-state index contributed by atoms with van der Waals surface area (Å²) in [6, 6.07) is 9.10. The average Bonchev–Trinajstić information content (AvgIpc) is 2.73. The van der Waals surface area contributed by atoms with Gasteiger partial charge in [-0.3, -0.25) is 9.59 Å². The fourth-order valence-electron chi connectivity index (χ4n) is 4.10. The zero-order valence-electron chi connectivity index (χ0n) is 16.9. The number of benzene rings is 1. The van der Waals surface area contributed by atoms with Gasteiger partial charge in [0.05, 0.1) is 12.3 Å². The number of nitrogens with one attached hydrogen (secondary N) is 1. The molecule has 3 rings (SSSR count). The monoisotopic (exact) mass is 421 g/mol. The molecule has 8 heteroatoms. The fourth-order valence-corrected chi connectivity index (χ4v) is 5.62. The third-order valence-electron chi connectivity index (χ3n) is 5.81. The molecule has 1 saturated heterocycles. The van der Waals surface area contributed by atoms with Crippen LogP contribution in [-0.4, -0.2) is 62.2 Å². The average molecular weight is 422 g/mol. The van der Waals surface area contributed by atoms with Crippen LogP contribution in [0.15, 0.2) is 30.3 Å². The van der Waals surface area contributed by atoms with E-state index in [1.54, 1.807) is 17.0 Å². The third-order valence-corrected chi connectivity index (χ3v) is 7.66. The van der Waals surface area contributed by atoms with Crippen LogP contribution in [0.4, 0.5) is 0 Å². The number of carbonyl (C=O) groups excluding carboxylic acids is 2. The van der Waals surface area contributed by atoms with Crippen molar-refractivity contribution in [3.8, 4) is 0 Å². The maximum atomic E-state index is 12.6. The van der Waals surface area contributed by atoms with E-state index in [-0.39, 0.29) is 37.2 Å². The van der Waals surface area contributed by atoms with Gasteiger partial charge in [-0.1, -0.05) is 49.6 Å². The molecule has 0 spiro atoms. The molecule has 1 aromatic rings. The summed E-state index contributed by atoms with van der Waals surface area (Å²) >= 11 is 0. The van der Waals surface area contributed by atoms with Crippen LogP contribution in [0.3, 0.4) is 0 Å². The van der Waals surface area contributed by atoms with Crippen molar-refractivity contribution in [3.05, 3.63) is 35.9 Å². The van der Waals surface area contributed by atoms with E-state index in [0.29, 0.717) is 25.4 Å². The molecule has 2 amide bonds. The number of piperazine rings is 1. The SMILES string of the molecule is O=C(CC1CCCCC1)NCC(=O)N1CCN(S(=O)(=O)Cc2ccccc2)CC1. The Kier molecular flexibility index (Phi) is 7.66. The first-order valence-corrected chi connectivity index (χ1v) is 12.1. The lowest BCUT2D eigenvalue weighted by atomic mass is 9.87. The van der Waals surface area contributed by atoms with Gasteiger partial charge in [0, 0.05) is 32.6 Å². The Hall–Kier alpha value is -1.93. The lowest BCUT2D eigenvalue weighted by Crippen LogP contribution is -2.52. The summed E-state index contributed by atoms with van der Waals surface area (Å²) in [7, 11) is -3.40. The molecule has 29 heavy (non-hydrogen) atoms. The second kappa shape index (κ2) is 10.2. The van der Waals surface area contributed by atoms with Crippen LogP contribution < -0.4 is 5.32 Å². The van der Waals surface area contributed by atoms with Crippen LogP contribution in [0.25, 0.3) is 0 Å². The molecule has 2 aliphatic rings. The normalized spacial score (nSPS) is 19.1. The van der Waals surface area contributed by atoms with Crippen LogP contribution in [0.5, 0.6) is 0 Å². The van der Waals surface area contributed by atoms with Gasteiger partial charge in [-0.05, 0) is 24.3 Å². The van der Waals surface area contributed by atoms with Crippen molar-refractivity contribution < 1.29 is 18.0 Å². The van der Waals surface area contributed by atoms with Crippen LogP contribution in [-0.2, 0) is 25.4 Å². The van der Waals surface area contributed by atoms with Crippen molar-refractivity contribution in [1.82, 2.24) is 14.5 Å². The molecular weight excluding hydrogens is 390 g/mol. The number of rotatable bonds is 7. The van der Waals surface area contributed by atoms with E-state index >= 15 is 0 Å². The topological polar surface area (TPSA) is 86.8 Å². The van der Waals surface area contributed by atoms with E-state index < -0.39 is 10.0 Å². The molecular formula is C21H31N3O4S. The van der Waals surface area contributed by atoms with Crippen molar-refractivity contribution in [2.45, 2.75) is 44.3 Å². The second-order valence-corrected chi connectivity index (χ2v) is 9.98. The lowest BCUT2D eigenvalue weighted by Gasteiger charge is -2.34. The molecule has 7 nitrogen and oxygen atoms in total. The zero-order valence-corrected chi connectivity index (χ0v) is 17.7. The summed E-state index contributed by atoms with van der Waals surface area (Å²) < 4.78 is 26.7. The Balaban J connectivity index is 1.40. The minimum absolute atomic E-state index is 0.0116. The van der Waals surface area contributed by atoms with Gasteiger partial charge in [-0.2, -0.15) is 4.31 Å². The van der Waals surface area contributed by atoms with E-state index in [9.17, 15) is 18.0 Å². The number of carbonyl (C=O) groups is 2. The molecule has 0 bridgehead atoms. The predicted molar refractivity (Wildman–Crippen MR) is 111 cm³/mol. The largest absolute Gasteiger partial charge is 0.347 e. The van der Waals surface area contributed by atoms with Gasteiger partial charge >= 0.3 is 0 Å². The zero-order chi connectivity index (χ0) is 20.7. The first kappa shape index (κ1) is 21.8. The van der Waals surface area contributed by atoms with Crippen LogP contribution in [0, 0.1) is 5.92 Å². The first-order chi connectivity index (χ1) is 13.9. The summed E-state index contributed by atoms with van der Waals surface area (Å²) in [5, 5.41) is 2.74. The molecule has 2 fully saturated rings. The molecule has 1 N–H and O–H groups in total. The van der Waals surface area contributed by atoms with Gasteiger partial charge in [0.15, 0.2) is 0 Å². The first-order valence-electron chi connectivity index (χ1n) is 10.5. The number of sulfonamides is 1. The van der Waals surface area contributed by atoms with Crippen LogP contribution in [0.2, 0.25) is 0 Å². The van der Waals surface area contributed by atoms with Crippen molar-refractivity contribution in [2.75, 3.05) is 32.7 Å². The standard InChI is InChI=1S/C21H31N3O4S/c25-20(15-18-7-3-1-4-8-18)22-16-21(26)23-11-13-24(14-12-23)29(27,28)17-19-9-5-2-6-10-19/h2,5-6,9-10,18H,1,3-4,7-8,11-17H2,(H,22,25). The van der Waals surface area contributed by atoms with Gasteiger partial charge < -0.3 is 10.2 Å². The summed E-state index contributed by atoms with van der Waals surface area (Å²) in [4.78, 5) is 26.1. The number of amides is 2. The summed E-state index contributed by atoms with van der Waals surface area (Å²) in [5.74, 6) is 0.201. The van der Waals surface area contributed by atoms with Crippen molar-refractivity contribution >= 4 is 21.8 Å². The van der Waals surface area contributed by atoms with Gasteiger partial charge in [0.2, 0.25) is 21.8 Å². The molecule has 0 radical (unpaired) electrons. The Labute approximate surface area is 173 Å². The van der Waals surface area contributed by atoms with Gasteiger partial charge in [0.25, 0.3) is 0 Å². The number of nitrogens with zero attached hydrogens (tertiary/aromatic N) is 2. The van der Waals surface area contributed by atoms with E-state index in [1.807, 2.05) is 18.2 Å². The van der Waals surface area contributed by atoms with Crippen LogP contribution >= 0.6 is 0 Å². The molecule has 1 heterocycles. The molecule has 1 saturated carbocycles. The highest BCUT2D eigenvalue weighted by atomic mass is 32.2. The van der Waals surface area contributed by atoms with E-state index in [1.165, 1.54) is 23.6 Å². The van der Waals surface area contributed by atoms with Gasteiger partial charge in [-0.15, -0.1) is 0 Å². The van der Waals surface area contributed by atoms with Crippen molar-refractivity contribution in [3.63, 3.8) is 0 Å². The Morgan fingerprint density at radius 2 is 1.62 bits per heavy atom. The highest BCUT2D eigenvalue weighted by molar-refractivity contribution is 7.88. The smallest absolute Gasteiger partial charge is 0.242 e. The Morgan fingerprint density at radius 3 is 2.28 bits per heavy atom. The highest BCUT2D eigenvalue weighted by Crippen LogP contribution is 2.26. The van der Waals surface area contributed by atoms with E-state index in [0.717, 1.165) is 18.4 Å². The second-order valence-electron chi connectivity index (χ2n) is 8.01. The third kappa shape index (κ3) is 6.54. The molecule has 0 unspecified atom stereocenters.